The van der Waals surface area contributed by atoms with Gasteiger partial charge in [0.05, 0.1) is 5.69 Å². The number of amides is 1. The Kier molecular flexibility index (Phi) is 4.70. The van der Waals surface area contributed by atoms with Crippen molar-refractivity contribution in [2.45, 2.75) is 13.1 Å². The molecule has 2 aromatic rings. The van der Waals surface area contributed by atoms with Gasteiger partial charge in [0.1, 0.15) is 5.75 Å². The van der Waals surface area contributed by atoms with Crippen molar-refractivity contribution in [3.05, 3.63) is 59.7 Å². The molecule has 1 amide bonds. The summed E-state index contributed by atoms with van der Waals surface area (Å²) in [6, 6.07) is 12.9. The summed E-state index contributed by atoms with van der Waals surface area (Å²) < 4.78 is 41.4. The van der Waals surface area contributed by atoms with Gasteiger partial charge in [0.25, 0.3) is 5.91 Å². The molecular weight excluding hydrogens is 295 g/mol. The first-order chi connectivity index (χ1) is 10.3. The Labute approximate surface area is 125 Å². The van der Waals surface area contributed by atoms with E-state index in [4.69, 9.17) is 4.74 Å². The molecule has 0 fully saturated rings. The summed E-state index contributed by atoms with van der Waals surface area (Å²) in [5, 5.41) is 2.56. The molecule has 0 bridgehead atoms. The fraction of sp³-hybridized carbons (Fsp3) is 0.188. The molecule has 0 saturated heterocycles. The van der Waals surface area contributed by atoms with Gasteiger partial charge in [-0.05, 0) is 31.2 Å². The molecule has 6 heteroatoms. The molecule has 0 saturated carbocycles. The molecule has 0 heterocycles. The number of hydrogen-bond acceptors (Lipinski definition) is 2. The molecule has 0 aliphatic carbocycles. The van der Waals surface area contributed by atoms with Crippen molar-refractivity contribution in [2.75, 3.05) is 11.9 Å². The minimum Gasteiger partial charge on any atom is -0.482 e. The smallest absolute Gasteiger partial charge is 0.422 e. The van der Waals surface area contributed by atoms with Crippen LogP contribution in [0.1, 0.15) is 15.9 Å². The Balaban J connectivity index is 2.14. The average molecular weight is 309 g/mol. The van der Waals surface area contributed by atoms with Crippen LogP contribution < -0.4 is 10.1 Å². The number of anilines is 1. The van der Waals surface area contributed by atoms with Crippen LogP contribution in [0.5, 0.6) is 5.75 Å². The SMILES string of the molecule is Cc1cccc(C(=O)Nc2ccccc2OCC(F)(F)F)c1. The minimum atomic E-state index is -4.44. The molecule has 1 N–H and O–H groups in total. The third-order valence-electron chi connectivity index (χ3n) is 2.81. The van der Waals surface area contributed by atoms with E-state index in [2.05, 4.69) is 5.32 Å². The summed E-state index contributed by atoms with van der Waals surface area (Å²) in [7, 11) is 0. The van der Waals surface area contributed by atoms with Crippen molar-refractivity contribution < 1.29 is 22.7 Å². The lowest BCUT2D eigenvalue weighted by atomic mass is 10.1. The van der Waals surface area contributed by atoms with Crippen molar-refractivity contribution in [2.24, 2.45) is 0 Å². The van der Waals surface area contributed by atoms with Gasteiger partial charge in [-0.2, -0.15) is 13.2 Å². The maximum atomic E-state index is 12.2. The predicted molar refractivity (Wildman–Crippen MR) is 77.1 cm³/mol. The second-order valence-corrected chi connectivity index (χ2v) is 4.72. The first kappa shape index (κ1) is 15.9. The number of rotatable bonds is 4. The van der Waals surface area contributed by atoms with Gasteiger partial charge in [-0.15, -0.1) is 0 Å². The molecule has 2 aromatic carbocycles. The van der Waals surface area contributed by atoms with Crippen molar-refractivity contribution >= 4 is 11.6 Å². The van der Waals surface area contributed by atoms with E-state index in [1.807, 2.05) is 13.0 Å². The number of ether oxygens (including phenoxy) is 1. The van der Waals surface area contributed by atoms with Crippen molar-refractivity contribution in [3.63, 3.8) is 0 Å². The first-order valence-electron chi connectivity index (χ1n) is 6.52. The topological polar surface area (TPSA) is 38.3 Å². The average Bonchev–Trinajstić information content (AvgIpc) is 2.45. The van der Waals surface area contributed by atoms with Gasteiger partial charge in [0.15, 0.2) is 6.61 Å². The highest BCUT2D eigenvalue weighted by atomic mass is 19.4. The lowest BCUT2D eigenvalue weighted by Gasteiger charge is -2.13. The van der Waals surface area contributed by atoms with Crippen molar-refractivity contribution in [1.29, 1.82) is 0 Å². The van der Waals surface area contributed by atoms with Crippen LogP contribution in [0.4, 0.5) is 18.9 Å². The van der Waals surface area contributed by atoms with Gasteiger partial charge in [0.2, 0.25) is 0 Å². The lowest BCUT2D eigenvalue weighted by molar-refractivity contribution is -0.153. The molecule has 0 aliphatic rings. The molecular formula is C16H14F3NO2. The second kappa shape index (κ2) is 6.51. The summed E-state index contributed by atoms with van der Waals surface area (Å²) in [4.78, 5) is 12.1. The number of para-hydroxylation sites is 2. The maximum Gasteiger partial charge on any atom is 0.422 e. The highest BCUT2D eigenvalue weighted by molar-refractivity contribution is 6.05. The van der Waals surface area contributed by atoms with Crippen LogP contribution in [-0.4, -0.2) is 18.7 Å². The number of benzene rings is 2. The molecule has 0 radical (unpaired) electrons. The number of hydrogen-bond donors (Lipinski definition) is 1. The quantitative estimate of drug-likeness (QED) is 0.919. The minimum absolute atomic E-state index is 0.0270. The Morgan fingerprint density at radius 1 is 1.14 bits per heavy atom. The third-order valence-corrected chi connectivity index (χ3v) is 2.81. The second-order valence-electron chi connectivity index (χ2n) is 4.72. The Morgan fingerprint density at radius 2 is 1.86 bits per heavy atom. The summed E-state index contributed by atoms with van der Waals surface area (Å²) in [5.41, 5.74) is 1.53. The van der Waals surface area contributed by atoms with E-state index in [1.54, 1.807) is 24.3 Å². The van der Waals surface area contributed by atoms with Crippen molar-refractivity contribution in [3.8, 4) is 5.75 Å². The van der Waals surface area contributed by atoms with Gasteiger partial charge in [0, 0.05) is 5.56 Å². The van der Waals surface area contributed by atoms with E-state index < -0.39 is 18.7 Å². The largest absolute Gasteiger partial charge is 0.482 e. The Morgan fingerprint density at radius 3 is 2.55 bits per heavy atom. The zero-order valence-corrected chi connectivity index (χ0v) is 11.8. The first-order valence-corrected chi connectivity index (χ1v) is 6.52. The van der Waals surface area contributed by atoms with E-state index in [0.29, 0.717) is 5.56 Å². The fourth-order valence-electron chi connectivity index (χ4n) is 1.84. The van der Waals surface area contributed by atoms with E-state index in [9.17, 15) is 18.0 Å². The molecule has 22 heavy (non-hydrogen) atoms. The standard InChI is InChI=1S/C16H14F3NO2/c1-11-5-4-6-12(9-11)15(21)20-13-7-2-3-8-14(13)22-10-16(17,18)19/h2-9H,10H2,1H3,(H,20,21). The van der Waals surface area contributed by atoms with Gasteiger partial charge in [-0.1, -0.05) is 29.8 Å². The van der Waals surface area contributed by atoms with Crippen LogP contribution in [0.2, 0.25) is 0 Å². The summed E-state index contributed by atoms with van der Waals surface area (Å²) in [5.74, 6) is -0.437. The lowest BCUT2D eigenvalue weighted by Crippen LogP contribution is -2.20. The van der Waals surface area contributed by atoms with Crippen LogP contribution in [0, 0.1) is 6.92 Å². The highest BCUT2D eigenvalue weighted by Gasteiger charge is 2.28. The number of nitrogens with one attached hydrogen (secondary N) is 1. The van der Waals surface area contributed by atoms with Crippen molar-refractivity contribution in [1.82, 2.24) is 0 Å². The fourth-order valence-corrected chi connectivity index (χ4v) is 1.84. The molecule has 0 spiro atoms. The molecule has 2 rings (SSSR count). The van der Waals surface area contributed by atoms with Crippen LogP contribution in [0.25, 0.3) is 0 Å². The molecule has 0 aliphatic heterocycles. The van der Waals surface area contributed by atoms with E-state index in [-0.39, 0.29) is 11.4 Å². The van der Waals surface area contributed by atoms with Gasteiger partial charge in [-0.3, -0.25) is 4.79 Å². The normalized spacial score (nSPS) is 11.1. The monoisotopic (exact) mass is 309 g/mol. The number of carbonyl (C=O) groups is 1. The number of carbonyl (C=O) groups excluding carboxylic acids is 1. The van der Waals surface area contributed by atoms with Crippen LogP contribution in [0.3, 0.4) is 0 Å². The molecule has 3 nitrogen and oxygen atoms in total. The number of alkyl halides is 3. The Hall–Kier alpha value is -2.50. The van der Waals surface area contributed by atoms with E-state index in [1.165, 1.54) is 18.2 Å². The van der Waals surface area contributed by atoms with Gasteiger partial charge < -0.3 is 10.1 Å². The van der Waals surface area contributed by atoms with E-state index >= 15 is 0 Å². The summed E-state index contributed by atoms with van der Waals surface area (Å²) in [6.07, 6.45) is -4.44. The summed E-state index contributed by atoms with van der Waals surface area (Å²) >= 11 is 0. The molecule has 0 aromatic heterocycles. The zero-order valence-electron chi connectivity index (χ0n) is 11.8. The zero-order chi connectivity index (χ0) is 16.2. The highest BCUT2D eigenvalue weighted by Crippen LogP contribution is 2.26. The van der Waals surface area contributed by atoms with Gasteiger partial charge in [-0.25, -0.2) is 0 Å². The Bertz CT molecular complexity index is 668. The van der Waals surface area contributed by atoms with Crippen LogP contribution in [-0.2, 0) is 0 Å². The summed E-state index contributed by atoms with van der Waals surface area (Å²) in [6.45, 7) is 0.432. The van der Waals surface area contributed by atoms with E-state index in [0.717, 1.165) is 5.56 Å². The number of halogens is 3. The van der Waals surface area contributed by atoms with Gasteiger partial charge >= 0.3 is 6.18 Å². The molecule has 0 atom stereocenters. The molecule has 0 unspecified atom stereocenters. The number of aryl methyl sites for hydroxylation is 1. The maximum absolute atomic E-state index is 12.2. The van der Waals surface area contributed by atoms with Crippen LogP contribution >= 0.6 is 0 Å². The molecule has 116 valence electrons. The predicted octanol–water partition coefficient (Wildman–Crippen LogP) is 4.19. The third kappa shape index (κ3) is 4.51. The van der Waals surface area contributed by atoms with Crippen LogP contribution in [0.15, 0.2) is 48.5 Å².